The molecule has 7 heteroatoms. The number of ketones is 1. The van der Waals surface area contributed by atoms with Crippen LogP contribution in [0.2, 0.25) is 0 Å². The molecule has 0 atom stereocenters. The second-order valence-electron chi connectivity index (χ2n) is 3.98. The Bertz CT molecular complexity index is 648. The van der Waals surface area contributed by atoms with Crippen molar-refractivity contribution in [2.24, 2.45) is 0 Å². The van der Waals surface area contributed by atoms with Crippen LogP contribution in [-0.2, 0) is 0 Å². The number of aryl methyl sites for hydroxylation is 1. The van der Waals surface area contributed by atoms with Crippen LogP contribution in [0.3, 0.4) is 0 Å². The molecule has 7 nitrogen and oxygen atoms in total. The monoisotopic (exact) mass is 261 g/mol. The summed E-state index contributed by atoms with van der Waals surface area (Å²) >= 11 is 0. The highest BCUT2D eigenvalue weighted by Crippen LogP contribution is 2.27. The third-order valence-corrected chi connectivity index (χ3v) is 2.45. The van der Waals surface area contributed by atoms with Gasteiger partial charge in [-0.15, -0.1) is 5.10 Å². The van der Waals surface area contributed by atoms with Crippen LogP contribution >= 0.6 is 0 Å². The molecule has 19 heavy (non-hydrogen) atoms. The standard InChI is InChI=1S/C12H11N3O4/c1-7-5-12(14-13-7)19-9-3-4-11(15(17)18)10(6-9)8(2)16/h3-6H,1-2H3,(H,13,14). The Morgan fingerprint density at radius 1 is 1.42 bits per heavy atom. The Morgan fingerprint density at radius 3 is 2.68 bits per heavy atom. The van der Waals surface area contributed by atoms with Crippen LogP contribution in [0, 0.1) is 17.0 Å². The molecule has 1 heterocycles. The molecular formula is C12H11N3O4. The first kappa shape index (κ1) is 12.7. The summed E-state index contributed by atoms with van der Waals surface area (Å²) in [6, 6.07) is 5.68. The number of rotatable bonds is 4. The molecule has 2 rings (SSSR count). The number of aromatic nitrogens is 2. The lowest BCUT2D eigenvalue weighted by atomic mass is 10.1. The fourth-order valence-corrected chi connectivity index (χ4v) is 1.59. The zero-order chi connectivity index (χ0) is 14.0. The van der Waals surface area contributed by atoms with E-state index in [0.29, 0.717) is 11.6 Å². The van der Waals surface area contributed by atoms with Crippen molar-refractivity contribution in [2.45, 2.75) is 13.8 Å². The largest absolute Gasteiger partial charge is 0.438 e. The maximum Gasteiger partial charge on any atom is 0.280 e. The molecule has 2 aromatic rings. The average Bonchev–Trinajstić information content (AvgIpc) is 2.74. The molecule has 0 spiro atoms. The predicted octanol–water partition coefficient (Wildman–Crippen LogP) is 2.62. The quantitative estimate of drug-likeness (QED) is 0.518. The highest BCUT2D eigenvalue weighted by atomic mass is 16.6. The van der Waals surface area contributed by atoms with Crippen LogP contribution in [0.1, 0.15) is 23.0 Å². The van der Waals surface area contributed by atoms with Crippen LogP contribution in [-0.4, -0.2) is 20.9 Å². The minimum atomic E-state index is -0.598. The van der Waals surface area contributed by atoms with Crippen molar-refractivity contribution >= 4 is 11.5 Å². The van der Waals surface area contributed by atoms with Crippen molar-refractivity contribution in [2.75, 3.05) is 0 Å². The van der Waals surface area contributed by atoms with E-state index in [1.54, 1.807) is 6.07 Å². The fraction of sp³-hybridized carbons (Fsp3) is 0.167. The van der Waals surface area contributed by atoms with E-state index in [4.69, 9.17) is 4.74 Å². The van der Waals surface area contributed by atoms with E-state index in [1.807, 2.05) is 6.92 Å². The Labute approximate surface area is 108 Å². The lowest BCUT2D eigenvalue weighted by molar-refractivity contribution is -0.385. The summed E-state index contributed by atoms with van der Waals surface area (Å²) in [7, 11) is 0. The number of aromatic amines is 1. The van der Waals surface area contributed by atoms with Gasteiger partial charge in [0.25, 0.3) is 5.69 Å². The van der Waals surface area contributed by atoms with E-state index in [1.165, 1.54) is 25.1 Å². The number of nitrogens with zero attached hydrogens (tertiary/aromatic N) is 2. The number of nitro groups is 1. The second-order valence-corrected chi connectivity index (χ2v) is 3.98. The topological polar surface area (TPSA) is 98.1 Å². The Morgan fingerprint density at radius 2 is 2.16 bits per heavy atom. The molecule has 0 radical (unpaired) electrons. The van der Waals surface area contributed by atoms with E-state index in [9.17, 15) is 14.9 Å². The van der Waals surface area contributed by atoms with E-state index < -0.39 is 10.7 Å². The molecule has 0 unspecified atom stereocenters. The summed E-state index contributed by atoms with van der Waals surface area (Å²) < 4.78 is 5.41. The summed E-state index contributed by atoms with van der Waals surface area (Å²) in [6.45, 7) is 3.08. The normalized spacial score (nSPS) is 10.2. The molecule has 0 aliphatic heterocycles. The van der Waals surface area contributed by atoms with E-state index >= 15 is 0 Å². The third-order valence-electron chi connectivity index (χ3n) is 2.45. The van der Waals surface area contributed by atoms with Gasteiger partial charge in [-0.25, -0.2) is 0 Å². The summed E-state index contributed by atoms with van der Waals surface area (Å²) in [4.78, 5) is 21.6. The van der Waals surface area contributed by atoms with Crippen molar-refractivity contribution in [3.05, 3.63) is 45.6 Å². The Hall–Kier alpha value is -2.70. The first-order valence-corrected chi connectivity index (χ1v) is 5.46. The van der Waals surface area contributed by atoms with Crippen LogP contribution in [0.15, 0.2) is 24.3 Å². The van der Waals surface area contributed by atoms with Crippen LogP contribution in [0.25, 0.3) is 0 Å². The molecular weight excluding hydrogens is 250 g/mol. The number of nitrogens with one attached hydrogen (secondary N) is 1. The van der Waals surface area contributed by atoms with Gasteiger partial charge in [-0.05, 0) is 26.0 Å². The van der Waals surface area contributed by atoms with Crippen molar-refractivity contribution in [3.8, 4) is 11.6 Å². The SMILES string of the molecule is CC(=O)c1cc(Oc2cc(C)[nH]n2)ccc1[N+](=O)[O-]. The number of H-pyrrole nitrogens is 1. The molecule has 1 N–H and O–H groups in total. The number of benzene rings is 1. The number of ether oxygens (including phenoxy) is 1. The van der Waals surface area contributed by atoms with Crippen molar-refractivity contribution in [3.63, 3.8) is 0 Å². The van der Waals surface area contributed by atoms with Gasteiger partial charge in [-0.3, -0.25) is 20.0 Å². The van der Waals surface area contributed by atoms with Gasteiger partial charge in [0.15, 0.2) is 5.78 Å². The minimum Gasteiger partial charge on any atom is -0.438 e. The lowest BCUT2D eigenvalue weighted by Crippen LogP contribution is -2.00. The number of carbonyl (C=O) groups is 1. The lowest BCUT2D eigenvalue weighted by Gasteiger charge is -2.04. The first-order chi connectivity index (χ1) is 8.97. The molecule has 0 bridgehead atoms. The van der Waals surface area contributed by atoms with Crippen LogP contribution in [0.5, 0.6) is 11.6 Å². The smallest absolute Gasteiger partial charge is 0.280 e. The summed E-state index contributed by atoms with van der Waals surface area (Å²) in [5, 5.41) is 17.4. The van der Waals surface area contributed by atoms with Gasteiger partial charge in [0.05, 0.1) is 10.5 Å². The number of carbonyl (C=O) groups excluding carboxylic acids is 1. The highest BCUT2D eigenvalue weighted by Gasteiger charge is 2.18. The highest BCUT2D eigenvalue weighted by molar-refractivity contribution is 5.98. The van der Waals surface area contributed by atoms with Crippen molar-refractivity contribution in [1.29, 1.82) is 0 Å². The van der Waals surface area contributed by atoms with Crippen molar-refractivity contribution in [1.82, 2.24) is 10.2 Å². The van der Waals surface area contributed by atoms with Crippen LogP contribution in [0.4, 0.5) is 5.69 Å². The fourth-order valence-electron chi connectivity index (χ4n) is 1.59. The summed E-state index contributed by atoms with van der Waals surface area (Å²) in [5.41, 5.74) is 0.594. The molecule has 98 valence electrons. The summed E-state index contributed by atoms with van der Waals surface area (Å²) in [6.07, 6.45) is 0. The number of nitro benzene ring substituents is 1. The molecule has 0 aliphatic carbocycles. The molecule has 0 saturated carbocycles. The third kappa shape index (κ3) is 2.76. The van der Waals surface area contributed by atoms with Crippen LogP contribution < -0.4 is 4.74 Å². The number of hydrogen-bond acceptors (Lipinski definition) is 5. The van der Waals surface area contributed by atoms with Crippen molar-refractivity contribution < 1.29 is 14.5 Å². The van der Waals surface area contributed by atoms with Gasteiger partial charge in [0.2, 0.25) is 5.88 Å². The zero-order valence-corrected chi connectivity index (χ0v) is 10.3. The second kappa shape index (κ2) is 4.89. The van der Waals surface area contributed by atoms with Gasteiger partial charge in [-0.2, -0.15) is 0 Å². The molecule has 0 amide bonds. The van der Waals surface area contributed by atoms with Gasteiger partial charge in [-0.1, -0.05) is 0 Å². The molecule has 0 aliphatic rings. The first-order valence-electron chi connectivity index (χ1n) is 5.46. The Kier molecular flexibility index (Phi) is 3.28. The van der Waals surface area contributed by atoms with E-state index in [2.05, 4.69) is 10.2 Å². The minimum absolute atomic E-state index is 0.00903. The maximum absolute atomic E-state index is 11.4. The molecule has 1 aromatic heterocycles. The molecule has 0 saturated heterocycles. The maximum atomic E-state index is 11.4. The Balaban J connectivity index is 2.35. The predicted molar refractivity (Wildman–Crippen MR) is 66.5 cm³/mol. The number of Topliss-reactive ketones (excluding diaryl/α,β-unsaturated/α-hetero) is 1. The average molecular weight is 261 g/mol. The molecule has 0 fully saturated rings. The van der Waals surface area contributed by atoms with Gasteiger partial charge in [0, 0.05) is 17.8 Å². The molecule has 1 aromatic carbocycles. The van der Waals surface area contributed by atoms with E-state index in [0.717, 1.165) is 5.69 Å². The van der Waals surface area contributed by atoms with E-state index in [-0.39, 0.29) is 11.3 Å². The van der Waals surface area contributed by atoms with Gasteiger partial charge in [0.1, 0.15) is 5.75 Å². The van der Waals surface area contributed by atoms with Gasteiger partial charge < -0.3 is 4.74 Å². The zero-order valence-electron chi connectivity index (χ0n) is 10.3. The van der Waals surface area contributed by atoms with Gasteiger partial charge >= 0.3 is 0 Å². The summed E-state index contributed by atoms with van der Waals surface area (Å²) in [5.74, 6) is 0.263. The number of hydrogen-bond donors (Lipinski definition) is 1.